The van der Waals surface area contributed by atoms with E-state index in [1.54, 1.807) is 11.8 Å². The summed E-state index contributed by atoms with van der Waals surface area (Å²) in [6.45, 7) is 1.97. The molecule has 2 rings (SSSR count). The first-order valence-corrected chi connectivity index (χ1v) is 11.8. The summed E-state index contributed by atoms with van der Waals surface area (Å²) in [6.07, 6.45) is 1.96. The summed E-state index contributed by atoms with van der Waals surface area (Å²) in [5, 5.41) is 3.74. The number of benzene rings is 2. The van der Waals surface area contributed by atoms with Gasteiger partial charge in [-0.25, -0.2) is 9.00 Å². The highest BCUT2D eigenvalue weighted by Gasteiger charge is 2.17. The van der Waals surface area contributed by atoms with Crippen molar-refractivity contribution in [2.24, 2.45) is 5.16 Å². The van der Waals surface area contributed by atoms with Crippen molar-refractivity contribution in [1.29, 1.82) is 0 Å². The predicted molar refractivity (Wildman–Crippen MR) is 115 cm³/mol. The van der Waals surface area contributed by atoms with Crippen molar-refractivity contribution in [3.63, 3.8) is 0 Å². The maximum absolute atomic E-state index is 12.7. The van der Waals surface area contributed by atoms with Crippen molar-refractivity contribution in [3.8, 4) is 0 Å². The molecule has 1 unspecified atom stereocenters. The predicted octanol–water partition coefficient (Wildman–Crippen LogP) is 4.14. The van der Waals surface area contributed by atoms with Gasteiger partial charge < -0.3 is 9.02 Å². The molecule has 8 heteroatoms. The monoisotopic (exact) mass is 423 g/mol. The van der Waals surface area contributed by atoms with E-state index in [-0.39, 0.29) is 10.8 Å². The lowest BCUT2D eigenvalue weighted by molar-refractivity contribution is -0.132. The first-order chi connectivity index (χ1) is 12.8. The summed E-state index contributed by atoms with van der Waals surface area (Å²) >= 11 is 2.67. The third kappa shape index (κ3) is 6.97. The highest BCUT2D eigenvalue weighted by Crippen LogP contribution is 2.22. The third-order valence-corrected chi connectivity index (χ3v) is 6.16. The Labute approximate surface area is 168 Å². The van der Waals surface area contributed by atoms with Gasteiger partial charge in [0.1, 0.15) is 9.80 Å². The molecule has 0 fully saturated rings. The molecule has 1 atom stereocenters. The molecule has 144 valence electrons. The van der Waals surface area contributed by atoms with Crippen molar-refractivity contribution in [2.75, 3.05) is 13.4 Å². The Morgan fingerprint density at radius 3 is 2.52 bits per heavy atom. The van der Waals surface area contributed by atoms with Gasteiger partial charge in [0.15, 0.2) is 0 Å². The van der Waals surface area contributed by atoms with Gasteiger partial charge in [0, 0.05) is 9.79 Å². The summed E-state index contributed by atoms with van der Waals surface area (Å²) in [7, 11) is -1.76. The van der Waals surface area contributed by atoms with Crippen LogP contribution in [0.4, 0.5) is 0 Å². The molecule has 2 aromatic carbocycles. The number of methoxy groups -OCH3 is 1. The number of carbonyl (C=O) groups is 1. The number of hydrogen-bond donors (Lipinski definition) is 0. The first-order valence-electron chi connectivity index (χ1n) is 7.90. The lowest BCUT2D eigenvalue weighted by Gasteiger charge is -2.09. The zero-order valence-electron chi connectivity index (χ0n) is 15.3. The van der Waals surface area contributed by atoms with Crippen LogP contribution in [0.25, 0.3) is 0 Å². The molecule has 0 aliphatic heterocycles. The van der Waals surface area contributed by atoms with Crippen LogP contribution in [-0.4, -0.2) is 34.5 Å². The van der Waals surface area contributed by atoms with Crippen molar-refractivity contribution < 1.29 is 18.0 Å². The number of ether oxygens (including phenoxy) is 1. The fourth-order valence-electron chi connectivity index (χ4n) is 2.05. The van der Waals surface area contributed by atoms with E-state index in [0.29, 0.717) is 0 Å². The molecule has 0 saturated heterocycles. The van der Waals surface area contributed by atoms with Crippen LogP contribution in [0.2, 0.25) is 0 Å². The minimum atomic E-state index is -3.01. The molecule has 0 aliphatic rings. The number of esters is 1. The number of oxime groups is 1. The van der Waals surface area contributed by atoms with Gasteiger partial charge in [0.25, 0.3) is 0 Å². The van der Waals surface area contributed by atoms with Gasteiger partial charge in [0.05, 0.1) is 12.9 Å². The lowest BCUT2D eigenvalue weighted by atomic mass is 10.2. The van der Waals surface area contributed by atoms with Crippen molar-refractivity contribution in [2.45, 2.75) is 22.5 Å². The molecule has 5 nitrogen and oxygen atoms in total. The Morgan fingerprint density at radius 1 is 1.19 bits per heavy atom. The molecular weight excluding hydrogens is 402 g/mol. The molecule has 0 aliphatic carbocycles. The Balaban J connectivity index is 2.15. The third-order valence-electron chi connectivity index (χ3n) is 3.37. The van der Waals surface area contributed by atoms with Crippen LogP contribution < -0.4 is 0 Å². The van der Waals surface area contributed by atoms with Crippen molar-refractivity contribution in [3.05, 3.63) is 59.7 Å². The van der Waals surface area contributed by atoms with E-state index in [4.69, 9.17) is 9.02 Å². The number of rotatable bonds is 6. The van der Waals surface area contributed by atoms with Crippen molar-refractivity contribution >= 4 is 50.2 Å². The molecule has 0 spiro atoms. The minimum absolute atomic E-state index is 0.0457. The summed E-state index contributed by atoms with van der Waals surface area (Å²) in [6, 6.07) is 15.2. The van der Waals surface area contributed by atoms with Crippen LogP contribution >= 0.6 is 23.5 Å². The van der Waals surface area contributed by atoms with Crippen LogP contribution in [0.3, 0.4) is 0 Å². The fraction of sp³-hybridized carbons (Fsp3) is 0.211. The van der Waals surface area contributed by atoms with Crippen LogP contribution in [-0.2, 0) is 29.4 Å². The average Bonchev–Trinajstić information content (AvgIpc) is 2.65. The maximum atomic E-state index is 12.7. The topological polar surface area (TPSA) is 65.0 Å². The molecule has 27 heavy (non-hydrogen) atoms. The Bertz CT molecular complexity index is 922. The fourth-order valence-corrected chi connectivity index (χ4v) is 4.27. The van der Waals surface area contributed by atoms with E-state index in [1.165, 1.54) is 7.11 Å². The second kappa shape index (κ2) is 9.87. The van der Waals surface area contributed by atoms with E-state index < -0.39 is 15.8 Å². The van der Waals surface area contributed by atoms with Gasteiger partial charge >= 0.3 is 5.97 Å². The Hall–Kier alpha value is -1.90. The number of thioether (sulfide) groups is 2. The molecule has 0 amide bonds. The van der Waals surface area contributed by atoms with E-state index in [9.17, 15) is 9.00 Å². The first kappa shape index (κ1) is 21.4. The lowest BCUT2D eigenvalue weighted by Crippen LogP contribution is -2.14. The molecule has 0 radical (unpaired) electrons. The second-order valence-corrected chi connectivity index (χ2v) is 9.48. The van der Waals surface area contributed by atoms with Crippen LogP contribution in [0.15, 0.2) is 63.5 Å². The van der Waals surface area contributed by atoms with Gasteiger partial charge in [-0.15, -0.1) is 11.8 Å². The van der Waals surface area contributed by atoms with Gasteiger partial charge in [-0.2, -0.15) is 0 Å². The van der Waals surface area contributed by atoms with E-state index in [0.717, 1.165) is 32.7 Å². The molecule has 0 saturated carbocycles. The van der Waals surface area contributed by atoms with E-state index >= 15 is 0 Å². The van der Waals surface area contributed by atoms with Crippen LogP contribution in [0.1, 0.15) is 11.1 Å². The summed E-state index contributed by atoms with van der Waals surface area (Å²) in [4.78, 5) is 13.8. The molecule has 0 N–H and O–H groups in total. The molecular formula is C19H21NO4S3. The normalized spacial score (nSPS) is 13.7. The standard InChI is InChI=1S/C19H21NO4S3/c1-14-8-10-16(11-9-14)26-18(19(21)23-2)20-24-27(4,22)13-15-6-5-7-17(12-15)25-3/h5-12H,4,13H2,1-3H3/b20-18-. The summed E-state index contributed by atoms with van der Waals surface area (Å²) < 4.78 is 22.6. The summed E-state index contributed by atoms with van der Waals surface area (Å²) in [5.74, 6) is 3.05. The van der Waals surface area contributed by atoms with Gasteiger partial charge in [-0.3, -0.25) is 0 Å². The zero-order valence-corrected chi connectivity index (χ0v) is 17.8. The van der Waals surface area contributed by atoms with E-state index in [2.05, 4.69) is 11.0 Å². The average molecular weight is 424 g/mol. The van der Waals surface area contributed by atoms with Crippen LogP contribution in [0, 0.1) is 6.92 Å². The Kier molecular flexibility index (Phi) is 7.82. The van der Waals surface area contributed by atoms with Crippen molar-refractivity contribution in [1.82, 2.24) is 0 Å². The van der Waals surface area contributed by atoms with Crippen LogP contribution in [0.5, 0.6) is 0 Å². The number of hydrogen-bond acceptors (Lipinski definition) is 7. The smallest absolute Gasteiger partial charge is 0.367 e. The highest BCUT2D eigenvalue weighted by atomic mass is 32.2. The maximum Gasteiger partial charge on any atom is 0.367 e. The molecule has 0 aromatic heterocycles. The molecule has 2 aromatic rings. The molecule has 0 bridgehead atoms. The summed E-state index contributed by atoms with van der Waals surface area (Å²) in [5.41, 5.74) is 1.92. The highest BCUT2D eigenvalue weighted by molar-refractivity contribution is 8.15. The SMILES string of the molecule is C=S(=O)(Cc1cccc(SC)c1)O/N=C(\Sc1ccc(C)cc1)C(=O)OC. The number of nitrogens with zero attached hydrogens (tertiary/aromatic N) is 1. The minimum Gasteiger partial charge on any atom is -0.464 e. The quantitative estimate of drug-likeness (QED) is 0.174. The second-order valence-electron chi connectivity index (χ2n) is 5.62. The Morgan fingerprint density at radius 2 is 1.89 bits per heavy atom. The van der Waals surface area contributed by atoms with Gasteiger partial charge in [0.2, 0.25) is 5.04 Å². The molecule has 0 heterocycles. The largest absolute Gasteiger partial charge is 0.464 e. The van der Waals surface area contributed by atoms with Gasteiger partial charge in [-0.1, -0.05) is 46.7 Å². The number of aryl methyl sites for hydroxylation is 1. The number of carbonyl (C=O) groups excluding carboxylic acids is 1. The zero-order chi connectivity index (χ0) is 19.9. The van der Waals surface area contributed by atoms with Gasteiger partial charge in [-0.05, 0) is 48.9 Å². The van der Waals surface area contributed by atoms with E-state index in [1.807, 2.05) is 61.7 Å².